The molecule has 0 amide bonds. The van der Waals surface area contributed by atoms with E-state index in [1.165, 1.54) is 6.08 Å². The molecule has 0 saturated carbocycles. The number of carbonyl (C=O) groups is 1. The smallest absolute Gasteiger partial charge is 0.545 e. The van der Waals surface area contributed by atoms with E-state index < -0.39 is 5.97 Å². The van der Waals surface area contributed by atoms with Crippen LogP contribution in [0.25, 0.3) is 0 Å². The average molecular weight is 150 g/mol. The van der Waals surface area contributed by atoms with Crippen molar-refractivity contribution in [1.82, 2.24) is 0 Å². The molecule has 0 unspecified atom stereocenters. The minimum absolute atomic E-state index is 0. The van der Waals surface area contributed by atoms with Crippen molar-refractivity contribution in [2.75, 3.05) is 0 Å². The van der Waals surface area contributed by atoms with Crippen LogP contribution in [0.1, 0.15) is 6.92 Å². The second kappa shape index (κ2) is 6.70. The van der Waals surface area contributed by atoms with Crippen molar-refractivity contribution in [2.24, 2.45) is 0 Å². The van der Waals surface area contributed by atoms with Crippen LogP contribution in [-0.4, -0.2) is 5.97 Å². The van der Waals surface area contributed by atoms with Crippen LogP contribution in [0.5, 0.6) is 0 Å². The predicted molar refractivity (Wildman–Crippen MR) is 29.0 cm³/mol. The molecule has 0 saturated heterocycles. The summed E-state index contributed by atoms with van der Waals surface area (Å²) < 4.78 is 0. The Morgan fingerprint density at radius 3 is 2.22 bits per heavy atom. The van der Waals surface area contributed by atoms with Gasteiger partial charge in [-0.1, -0.05) is 12.7 Å². The molecule has 0 aromatic rings. The third-order valence-electron chi connectivity index (χ3n) is 0.667. The molecule has 0 rings (SSSR count). The monoisotopic (exact) mass is 150 g/mol. The summed E-state index contributed by atoms with van der Waals surface area (Å²) in [6.45, 7) is 5.00. The Balaban J connectivity index is 0. The maximum Gasteiger partial charge on any atom is 1.00 e. The molecule has 44 valence electrons. The van der Waals surface area contributed by atoms with Gasteiger partial charge in [-0.25, -0.2) is 0 Å². The average Bonchev–Trinajstić information content (AvgIpc) is 1.65. The van der Waals surface area contributed by atoms with Crippen LogP contribution in [0.3, 0.4) is 0 Å². The molecule has 3 heteroatoms. The van der Waals surface area contributed by atoms with E-state index in [-0.39, 0.29) is 51.4 Å². The topological polar surface area (TPSA) is 40.1 Å². The first-order valence-corrected chi connectivity index (χ1v) is 2.18. The standard InChI is InChI=1S/C6H8O2.K/c1-3-5(2)4-6(7)8;/h3-4H,1H2,2H3,(H,7,8);/q;+1/p-1/b5-4-;. The van der Waals surface area contributed by atoms with E-state index in [1.807, 2.05) is 0 Å². The first kappa shape index (κ1) is 12.3. The normalized spacial score (nSPS) is 9.67. The fourth-order valence-electron chi connectivity index (χ4n) is 0.245. The number of hydrogen-bond donors (Lipinski definition) is 0. The molecule has 0 aliphatic carbocycles. The molecule has 0 bridgehead atoms. The van der Waals surface area contributed by atoms with E-state index in [1.54, 1.807) is 6.92 Å². The Bertz CT molecular complexity index is 138. The van der Waals surface area contributed by atoms with Gasteiger partial charge in [0, 0.05) is 0 Å². The summed E-state index contributed by atoms with van der Waals surface area (Å²) in [5.74, 6) is -1.18. The summed E-state index contributed by atoms with van der Waals surface area (Å²) in [5.41, 5.74) is 0.602. The minimum Gasteiger partial charge on any atom is -0.545 e. The van der Waals surface area contributed by atoms with Crippen LogP contribution in [0.4, 0.5) is 0 Å². The van der Waals surface area contributed by atoms with Crippen LogP contribution in [0, 0.1) is 0 Å². The summed E-state index contributed by atoms with van der Waals surface area (Å²) >= 11 is 0. The van der Waals surface area contributed by atoms with Gasteiger partial charge in [-0.05, 0) is 18.6 Å². The summed E-state index contributed by atoms with van der Waals surface area (Å²) in [4.78, 5) is 9.73. The molecule has 0 heterocycles. The molecule has 0 radical (unpaired) electrons. The molecule has 0 atom stereocenters. The van der Waals surface area contributed by atoms with Gasteiger partial charge in [0.05, 0.1) is 5.97 Å². The van der Waals surface area contributed by atoms with Crippen molar-refractivity contribution in [2.45, 2.75) is 6.92 Å². The van der Waals surface area contributed by atoms with Crippen molar-refractivity contribution < 1.29 is 61.3 Å². The van der Waals surface area contributed by atoms with Gasteiger partial charge in [-0.15, -0.1) is 0 Å². The number of rotatable bonds is 2. The Morgan fingerprint density at radius 2 is 2.11 bits per heavy atom. The van der Waals surface area contributed by atoms with Gasteiger partial charge in [0.25, 0.3) is 0 Å². The number of hydrogen-bond acceptors (Lipinski definition) is 2. The fourth-order valence-corrected chi connectivity index (χ4v) is 0.245. The zero-order valence-electron chi connectivity index (χ0n) is 5.68. The van der Waals surface area contributed by atoms with Gasteiger partial charge in [-0.3, -0.25) is 0 Å². The molecule has 0 aliphatic heterocycles. The Morgan fingerprint density at radius 1 is 1.67 bits per heavy atom. The van der Waals surface area contributed by atoms with E-state index in [9.17, 15) is 9.90 Å². The zero-order chi connectivity index (χ0) is 6.57. The fraction of sp³-hybridized carbons (Fsp3) is 0.167. The van der Waals surface area contributed by atoms with Gasteiger partial charge in [0.2, 0.25) is 0 Å². The van der Waals surface area contributed by atoms with E-state index >= 15 is 0 Å². The summed E-state index contributed by atoms with van der Waals surface area (Å²) in [7, 11) is 0. The quantitative estimate of drug-likeness (QED) is 0.237. The van der Waals surface area contributed by atoms with E-state index in [4.69, 9.17) is 0 Å². The molecular formula is C6H7KO2. The summed E-state index contributed by atoms with van der Waals surface area (Å²) in [5, 5.41) is 9.73. The Labute approximate surface area is 97.1 Å². The summed E-state index contributed by atoms with van der Waals surface area (Å²) in [6.07, 6.45) is 2.45. The van der Waals surface area contributed by atoms with Crippen LogP contribution in [-0.2, 0) is 4.79 Å². The van der Waals surface area contributed by atoms with Crippen LogP contribution >= 0.6 is 0 Å². The van der Waals surface area contributed by atoms with Crippen molar-refractivity contribution in [3.8, 4) is 0 Å². The number of aliphatic carboxylic acids is 1. The van der Waals surface area contributed by atoms with Crippen LogP contribution in [0.15, 0.2) is 24.3 Å². The summed E-state index contributed by atoms with van der Waals surface area (Å²) in [6, 6.07) is 0. The molecule has 0 N–H and O–H groups in total. The van der Waals surface area contributed by atoms with Crippen molar-refractivity contribution in [1.29, 1.82) is 0 Å². The van der Waals surface area contributed by atoms with Crippen molar-refractivity contribution in [3.63, 3.8) is 0 Å². The first-order chi connectivity index (χ1) is 3.66. The molecule has 0 aliphatic rings. The first-order valence-electron chi connectivity index (χ1n) is 2.18. The molecule has 0 aromatic carbocycles. The Kier molecular flexibility index (Phi) is 9.15. The number of carbonyl (C=O) groups excluding carboxylic acids is 1. The van der Waals surface area contributed by atoms with Gasteiger partial charge in [-0.2, -0.15) is 0 Å². The predicted octanol–water partition coefficient (Wildman–Crippen LogP) is -3.13. The minimum atomic E-state index is -1.18. The molecule has 2 nitrogen and oxygen atoms in total. The van der Waals surface area contributed by atoms with Gasteiger partial charge in [0.1, 0.15) is 0 Å². The third kappa shape index (κ3) is 8.59. The third-order valence-corrected chi connectivity index (χ3v) is 0.667. The number of carboxylic acids is 1. The Hall–Kier alpha value is 0.586. The maximum atomic E-state index is 9.73. The van der Waals surface area contributed by atoms with Crippen LogP contribution < -0.4 is 56.5 Å². The van der Waals surface area contributed by atoms with Crippen LogP contribution in [0.2, 0.25) is 0 Å². The second-order valence-electron chi connectivity index (χ2n) is 1.41. The SMILES string of the molecule is C=C/C(C)=C\C(=O)[O-].[K+]. The van der Waals surface area contributed by atoms with E-state index in [0.717, 1.165) is 6.08 Å². The largest absolute Gasteiger partial charge is 1.00 e. The molecular weight excluding hydrogens is 143 g/mol. The van der Waals surface area contributed by atoms with Crippen molar-refractivity contribution in [3.05, 3.63) is 24.3 Å². The van der Waals surface area contributed by atoms with Crippen molar-refractivity contribution >= 4 is 5.97 Å². The van der Waals surface area contributed by atoms with E-state index in [2.05, 4.69) is 6.58 Å². The molecule has 9 heavy (non-hydrogen) atoms. The van der Waals surface area contributed by atoms with Gasteiger partial charge < -0.3 is 9.90 Å². The number of carboxylic acid groups (broad SMARTS) is 1. The second-order valence-corrected chi connectivity index (χ2v) is 1.41. The van der Waals surface area contributed by atoms with E-state index in [0.29, 0.717) is 5.57 Å². The molecule has 0 aromatic heterocycles. The molecule has 0 spiro atoms. The maximum absolute atomic E-state index is 9.73. The number of allylic oxidation sites excluding steroid dienone is 2. The van der Waals surface area contributed by atoms with Gasteiger partial charge in [0.15, 0.2) is 0 Å². The molecule has 0 fully saturated rings. The zero-order valence-corrected chi connectivity index (χ0v) is 8.80. The van der Waals surface area contributed by atoms with Gasteiger partial charge >= 0.3 is 51.4 Å².